The van der Waals surface area contributed by atoms with Crippen LogP contribution in [0.3, 0.4) is 0 Å². The summed E-state index contributed by atoms with van der Waals surface area (Å²) >= 11 is 0. The van der Waals surface area contributed by atoms with Gasteiger partial charge < -0.3 is 14.7 Å². The van der Waals surface area contributed by atoms with E-state index in [2.05, 4.69) is 10.1 Å². The molecule has 0 amide bonds. The fraction of sp³-hybridized carbons (Fsp3) is 0. The molecule has 0 spiro atoms. The fourth-order valence-corrected chi connectivity index (χ4v) is 1.65. The van der Waals surface area contributed by atoms with Crippen molar-refractivity contribution in [3.63, 3.8) is 0 Å². The average molecular weight is 227 g/mol. The number of aromatic nitrogens is 2. The van der Waals surface area contributed by atoms with Gasteiger partial charge in [0.1, 0.15) is 6.26 Å². The highest BCUT2D eigenvalue weighted by Gasteiger charge is 2.18. The van der Waals surface area contributed by atoms with Crippen LogP contribution in [0.2, 0.25) is 0 Å². The zero-order valence-electron chi connectivity index (χ0n) is 8.83. The number of hydrogen-bond acceptors (Lipinski definition) is 5. The van der Waals surface area contributed by atoms with Gasteiger partial charge in [-0.1, -0.05) is 11.2 Å². The molecule has 0 bridgehead atoms. The third-order valence-electron chi connectivity index (χ3n) is 2.42. The van der Waals surface area contributed by atoms with Crippen LogP contribution in [0.1, 0.15) is 0 Å². The number of hydrogen-bond donors (Lipinski definition) is 1. The molecular weight excluding hydrogens is 218 g/mol. The standard InChI is InChI=1S/C12H9N3O2/c13-12-10(9-3-1-2-5-14-9)11(17-15-12)8-4-6-16-7-8/h1-7H,(H2,13,15). The molecule has 0 aliphatic heterocycles. The van der Waals surface area contributed by atoms with Gasteiger partial charge >= 0.3 is 0 Å². The second kappa shape index (κ2) is 3.79. The van der Waals surface area contributed by atoms with Crippen molar-refractivity contribution in [3.05, 3.63) is 43.0 Å². The lowest BCUT2D eigenvalue weighted by Crippen LogP contribution is -1.90. The van der Waals surface area contributed by atoms with Crippen molar-refractivity contribution < 1.29 is 8.94 Å². The first-order chi connectivity index (χ1) is 8.36. The Morgan fingerprint density at radius 1 is 1.18 bits per heavy atom. The summed E-state index contributed by atoms with van der Waals surface area (Å²) in [6.07, 6.45) is 4.84. The van der Waals surface area contributed by atoms with Gasteiger partial charge in [0.2, 0.25) is 0 Å². The monoisotopic (exact) mass is 227 g/mol. The minimum atomic E-state index is 0.319. The van der Waals surface area contributed by atoms with E-state index in [1.165, 1.54) is 0 Å². The summed E-state index contributed by atoms with van der Waals surface area (Å²) in [4.78, 5) is 4.24. The van der Waals surface area contributed by atoms with E-state index in [0.29, 0.717) is 17.1 Å². The van der Waals surface area contributed by atoms with Crippen molar-refractivity contribution >= 4 is 5.82 Å². The molecule has 5 heteroatoms. The summed E-state index contributed by atoms with van der Waals surface area (Å²) in [5, 5.41) is 3.77. The molecule has 3 rings (SSSR count). The van der Waals surface area contributed by atoms with E-state index in [-0.39, 0.29) is 0 Å². The quantitative estimate of drug-likeness (QED) is 0.727. The van der Waals surface area contributed by atoms with E-state index in [1.54, 1.807) is 24.8 Å². The number of nitrogens with two attached hydrogens (primary N) is 1. The second-order valence-electron chi connectivity index (χ2n) is 3.50. The van der Waals surface area contributed by atoms with Gasteiger partial charge in [-0.25, -0.2) is 0 Å². The number of nitrogen functional groups attached to an aromatic ring is 1. The molecule has 0 aromatic carbocycles. The van der Waals surface area contributed by atoms with Crippen molar-refractivity contribution in [1.82, 2.24) is 10.1 Å². The Balaban J connectivity index is 2.20. The van der Waals surface area contributed by atoms with Gasteiger partial charge in [0.25, 0.3) is 0 Å². The van der Waals surface area contributed by atoms with Crippen LogP contribution in [0.25, 0.3) is 22.6 Å². The van der Waals surface area contributed by atoms with E-state index in [9.17, 15) is 0 Å². The lowest BCUT2D eigenvalue weighted by molar-refractivity contribution is 0.435. The van der Waals surface area contributed by atoms with Crippen LogP contribution < -0.4 is 5.73 Å². The van der Waals surface area contributed by atoms with E-state index >= 15 is 0 Å². The summed E-state index contributed by atoms with van der Waals surface area (Å²) in [6, 6.07) is 7.36. The van der Waals surface area contributed by atoms with Gasteiger partial charge in [0.05, 0.1) is 23.1 Å². The molecular formula is C12H9N3O2. The molecule has 0 aliphatic rings. The van der Waals surface area contributed by atoms with E-state index in [0.717, 1.165) is 11.3 Å². The lowest BCUT2D eigenvalue weighted by atomic mass is 10.1. The van der Waals surface area contributed by atoms with Crippen molar-refractivity contribution in [2.24, 2.45) is 0 Å². The van der Waals surface area contributed by atoms with Crippen LogP contribution in [-0.2, 0) is 0 Å². The second-order valence-corrected chi connectivity index (χ2v) is 3.50. The van der Waals surface area contributed by atoms with Crippen LogP contribution in [0, 0.1) is 0 Å². The number of nitrogens with zero attached hydrogens (tertiary/aromatic N) is 2. The molecule has 0 saturated carbocycles. The van der Waals surface area contributed by atoms with Gasteiger partial charge in [-0.2, -0.15) is 0 Å². The van der Waals surface area contributed by atoms with Crippen LogP contribution >= 0.6 is 0 Å². The summed E-state index contributed by atoms with van der Waals surface area (Å²) in [6.45, 7) is 0. The lowest BCUT2D eigenvalue weighted by Gasteiger charge is -1.98. The molecule has 2 N–H and O–H groups in total. The van der Waals surface area contributed by atoms with Gasteiger partial charge in [0.15, 0.2) is 11.6 Å². The first-order valence-electron chi connectivity index (χ1n) is 5.05. The molecule has 17 heavy (non-hydrogen) atoms. The largest absolute Gasteiger partial charge is 0.472 e. The SMILES string of the molecule is Nc1noc(-c2ccoc2)c1-c1ccccn1. The molecule has 0 saturated heterocycles. The molecule has 0 radical (unpaired) electrons. The maximum atomic E-state index is 5.80. The van der Waals surface area contributed by atoms with Gasteiger partial charge in [-0.05, 0) is 18.2 Å². The molecule has 3 heterocycles. The van der Waals surface area contributed by atoms with Crippen LogP contribution in [0.15, 0.2) is 51.9 Å². The van der Waals surface area contributed by atoms with Crippen molar-refractivity contribution in [2.45, 2.75) is 0 Å². The van der Waals surface area contributed by atoms with Crippen molar-refractivity contribution in [2.75, 3.05) is 5.73 Å². The summed E-state index contributed by atoms with van der Waals surface area (Å²) in [5.74, 6) is 0.884. The number of pyridine rings is 1. The Morgan fingerprint density at radius 3 is 2.82 bits per heavy atom. The third kappa shape index (κ3) is 1.57. The first-order valence-corrected chi connectivity index (χ1v) is 5.05. The molecule has 3 aromatic heterocycles. The minimum Gasteiger partial charge on any atom is -0.472 e. The number of furan rings is 1. The zero-order valence-corrected chi connectivity index (χ0v) is 8.83. The van der Waals surface area contributed by atoms with E-state index < -0.39 is 0 Å². The smallest absolute Gasteiger partial charge is 0.181 e. The van der Waals surface area contributed by atoms with Gasteiger partial charge in [-0.3, -0.25) is 4.98 Å². The third-order valence-corrected chi connectivity index (χ3v) is 2.42. The van der Waals surface area contributed by atoms with Crippen molar-refractivity contribution in [3.8, 4) is 22.6 Å². The Hall–Kier alpha value is -2.56. The zero-order chi connectivity index (χ0) is 11.7. The summed E-state index contributed by atoms with van der Waals surface area (Å²) in [7, 11) is 0. The van der Waals surface area contributed by atoms with E-state index in [4.69, 9.17) is 14.7 Å². The predicted molar refractivity (Wildman–Crippen MR) is 61.8 cm³/mol. The van der Waals surface area contributed by atoms with Crippen LogP contribution in [0.5, 0.6) is 0 Å². The van der Waals surface area contributed by atoms with Crippen LogP contribution in [-0.4, -0.2) is 10.1 Å². The van der Waals surface area contributed by atoms with Gasteiger partial charge in [-0.15, -0.1) is 0 Å². The molecule has 0 fully saturated rings. The van der Waals surface area contributed by atoms with Gasteiger partial charge in [0, 0.05) is 6.20 Å². The Kier molecular flexibility index (Phi) is 2.15. The molecule has 0 aliphatic carbocycles. The molecule has 0 atom stereocenters. The van der Waals surface area contributed by atoms with Crippen molar-refractivity contribution in [1.29, 1.82) is 0 Å². The predicted octanol–water partition coefficient (Wildman–Crippen LogP) is 2.58. The molecule has 0 unspecified atom stereocenters. The Bertz CT molecular complexity index is 615. The summed E-state index contributed by atoms with van der Waals surface area (Å²) < 4.78 is 10.2. The fourth-order valence-electron chi connectivity index (χ4n) is 1.65. The average Bonchev–Trinajstić information content (AvgIpc) is 2.98. The highest BCUT2D eigenvalue weighted by Crippen LogP contribution is 2.35. The normalized spacial score (nSPS) is 10.6. The first kappa shape index (κ1) is 9.65. The topological polar surface area (TPSA) is 78.1 Å². The number of rotatable bonds is 2. The maximum absolute atomic E-state index is 5.80. The molecule has 5 nitrogen and oxygen atoms in total. The minimum absolute atomic E-state index is 0.319. The number of anilines is 1. The van der Waals surface area contributed by atoms with E-state index in [1.807, 2.05) is 18.2 Å². The molecule has 84 valence electrons. The highest BCUT2D eigenvalue weighted by atomic mass is 16.5. The highest BCUT2D eigenvalue weighted by molar-refractivity contribution is 5.84. The Labute approximate surface area is 96.9 Å². The van der Waals surface area contributed by atoms with Crippen LogP contribution in [0.4, 0.5) is 5.82 Å². The summed E-state index contributed by atoms with van der Waals surface area (Å²) in [5.41, 5.74) is 8.00. The maximum Gasteiger partial charge on any atom is 0.181 e. The molecule has 3 aromatic rings. The Morgan fingerprint density at radius 2 is 2.12 bits per heavy atom.